The Morgan fingerprint density at radius 1 is 0.702 bits per heavy atom. The second kappa shape index (κ2) is 19.2. The van der Waals surface area contributed by atoms with Crippen molar-refractivity contribution in [3.8, 4) is 46.1 Å². The van der Waals surface area contributed by atoms with Gasteiger partial charge in [0.25, 0.3) is 11.1 Å². The van der Waals surface area contributed by atoms with Crippen LogP contribution in [0.2, 0.25) is 0 Å². The van der Waals surface area contributed by atoms with Crippen molar-refractivity contribution < 1.29 is 29.2 Å². The Kier molecular flexibility index (Phi) is 16.6. The Balaban J connectivity index is 0.000000451. The average Bonchev–Trinajstić information content (AvgIpc) is 3.04. The van der Waals surface area contributed by atoms with E-state index < -0.39 is 5.56 Å². The maximum Gasteiger partial charge on any atom is 0.276 e. The third-order valence-corrected chi connectivity index (χ3v) is 7.51. The van der Waals surface area contributed by atoms with Gasteiger partial charge in [0.2, 0.25) is 11.8 Å². The number of rotatable bonds is 12. The summed E-state index contributed by atoms with van der Waals surface area (Å²) >= 11 is 3.10. The molecule has 0 unspecified atom stereocenters. The molecule has 2 N–H and O–H groups in total. The molecule has 4 aromatic rings. The van der Waals surface area contributed by atoms with Gasteiger partial charge in [0.1, 0.15) is 50.5 Å². The van der Waals surface area contributed by atoms with Gasteiger partial charge in [-0.3, -0.25) is 18.7 Å². The number of halogens is 1. The van der Waals surface area contributed by atoms with Crippen molar-refractivity contribution in [3.05, 3.63) is 79.3 Å². The van der Waals surface area contributed by atoms with Crippen LogP contribution < -0.4 is 30.1 Å². The lowest BCUT2D eigenvalue weighted by molar-refractivity contribution is 0.388. The van der Waals surface area contributed by atoms with Crippen LogP contribution in [0.15, 0.2) is 56.5 Å². The Morgan fingerprint density at radius 3 is 1.51 bits per heavy atom. The Morgan fingerprint density at radius 2 is 1.11 bits per heavy atom. The minimum Gasteiger partial charge on any atom is -0.494 e. The van der Waals surface area contributed by atoms with Gasteiger partial charge in [-0.25, -0.2) is 0 Å². The second-order valence-corrected chi connectivity index (χ2v) is 10.5. The molecule has 0 spiro atoms. The molecule has 0 fully saturated rings. The molecule has 0 saturated carbocycles. The summed E-state index contributed by atoms with van der Waals surface area (Å²) in [5, 5.41) is 19.5. The van der Waals surface area contributed by atoms with Crippen LogP contribution in [-0.2, 0) is 12.8 Å². The number of hydrogen-bond donors (Lipinski definition) is 2. The number of aromatic hydroxyl groups is 2. The fourth-order valence-corrected chi connectivity index (χ4v) is 4.89. The summed E-state index contributed by atoms with van der Waals surface area (Å²) in [6, 6.07) is 11.6. The van der Waals surface area contributed by atoms with Crippen LogP contribution in [0.5, 0.6) is 34.8 Å². The lowest BCUT2D eigenvalue weighted by Crippen LogP contribution is -2.25. The zero-order valence-electron chi connectivity index (χ0n) is 26.3. The minimum absolute atomic E-state index is 0. The second-order valence-electron chi connectivity index (χ2n) is 9.74. The van der Waals surface area contributed by atoms with E-state index in [4.69, 9.17) is 18.9 Å². The molecule has 0 aliphatic heterocycles. The van der Waals surface area contributed by atoms with E-state index in [0.717, 1.165) is 31.7 Å². The lowest BCUT2D eigenvalue weighted by atomic mass is 10.2. The van der Waals surface area contributed by atoms with Crippen molar-refractivity contribution in [1.29, 1.82) is 0 Å². The molecular weight excluding hydrogens is 672 g/mol. The molecule has 258 valence electrons. The molecule has 2 aromatic carbocycles. The maximum absolute atomic E-state index is 12.7. The molecule has 2 aromatic heterocycles. The van der Waals surface area contributed by atoms with Crippen molar-refractivity contribution in [2.24, 2.45) is 0 Å². The number of benzene rings is 2. The molecule has 4 rings (SSSR count). The van der Waals surface area contributed by atoms with Crippen LogP contribution in [0.3, 0.4) is 0 Å². The number of aromatic nitrogens is 4. The summed E-state index contributed by atoms with van der Waals surface area (Å²) in [6.07, 6.45) is 4.71. The van der Waals surface area contributed by atoms with Crippen molar-refractivity contribution in [1.82, 2.24) is 19.1 Å². The number of methoxy groups -OCH3 is 4. The molecule has 0 atom stereocenters. The average molecular weight is 720 g/mol. The normalized spacial score (nSPS) is 10.1. The molecule has 0 aliphatic rings. The van der Waals surface area contributed by atoms with E-state index in [1.165, 1.54) is 37.6 Å². The third kappa shape index (κ3) is 9.28. The number of para-hydroxylation sites is 2. The van der Waals surface area contributed by atoms with Gasteiger partial charge in [-0.05, 0) is 53.0 Å². The summed E-state index contributed by atoms with van der Waals surface area (Å²) < 4.78 is 24.3. The number of ether oxygens (including phenoxy) is 4. The van der Waals surface area contributed by atoms with Crippen LogP contribution in [0.25, 0.3) is 11.4 Å². The van der Waals surface area contributed by atoms with E-state index >= 15 is 0 Å². The summed E-state index contributed by atoms with van der Waals surface area (Å²) in [4.78, 5) is 33.4. The maximum atomic E-state index is 12.7. The predicted octanol–water partition coefficient (Wildman–Crippen LogP) is 6.63. The van der Waals surface area contributed by atoms with Crippen molar-refractivity contribution in [3.63, 3.8) is 0 Å². The largest absolute Gasteiger partial charge is 0.494 e. The molecule has 0 saturated heterocycles. The number of aryl methyl sites for hydroxylation is 2. The van der Waals surface area contributed by atoms with Crippen LogP contribution in [0.4, 0.5) is 0 Å². The highest BCUT2D eigenvalue weighted by atomic mass is 79.9. The van der Waals surface area contributed by atoms with Gasteiger partial charge in [-0.2, -0.15) is 9.97 Å². The summed E-state index contributed by atoms with van der Waals surface area (Å²) in [5.41, 5.74) is 0.186. The first-order valence-electron chi connectivity index (χ1n) is 14.4. The predicted molar refractivity (Wildman–Crippen MR) is 188 cm³/mol. The number of unbranched alkanes of at least 4 members (excludes halogenated alkanes) is 2. The van der Waals surface area contributed by atoms with Gasteiger partial charge in [-0.1, -0.05) is 53.7 Å². The molecule has 12 nitrogen and oxygen atoms in total. The number of nitrogens with zero attached hydrogens (tertiary/aromatic N) is 4. The van der Waals surface area contributed by atoms with E-state index in [0.29, 0.717) is 58.9 Å². The monoisotopic (exact) mass is 718 g/mol. The van der Waals surface area contributed by atoms with Gasteiger partial charge < -0.3 is 29.2 Å². The van der Waals surface area contributed by atoms with Crippen molar-refractivity contribution in [2.75, 3.05) is 28.4 Å². The molecule has 2 heterocycles. The Bertz CT molecular complexity index is 1680. The molecule has 0 bridgehead atoms. The molecule has 0 amide bonds. The van der Waals surface area contributed by atoms with E-state index in [1.54, 1.807) is 36.4 Å². The minimum atomic E-state index is -0.411. The first kappa shape index (κ1) is 40.5. The van der Waals surface area contributed by atoms with Crippen molar-refractivity contribution >= 4 is 15.9 Å². The summed E-state index contributed by atoms with van der Waals surface area (Å²) in [5.74, 6) is 2.34. The zero-order valence-corrected chi connectivity index (χ0v) is 27.9. The highest BCUT2D eigenvalue weighted by molar-refractivity contribution is 9.10. The van der Waals surface area contributed by atoms with E-state index in [1.807, 2.05) is 6.92 Å². The Hall–Kier alpha value is -4.52. The van der Waals surface area contributed by atoms with Gasteiger partial charge in [-0.15, -0.1) is 0 Å². The van der Waals surface area contributed by atoms with Crippen LogP contribution in [0.1, 0.15) is 66.0 Å². The van der Waals surface area contributed by atoms with Gasteiger partial charge >= 0.3 is 0 Å². The zero-order chi connectivity index (χ0) is 33.1. The van der Waals surface area contributed by atoms with Crippen molar-refractivity contribution in [2.45, 2.75) is 67.2 Å². The fourth-order valence-electron chi connectivity index (χ4n) is 4.63. The molecule has 0 radical (unpaired) electrons. The molecule has 13 heteroatoms. The highest BCUT2D eigenvalue weighted by Crippen LogP contribution is 2.34. The highest BCUT2D eigenvalue weighted by Gasteiger charge is 2.22. The SMILES string of the molecule is C.C.CCCCc1nc(O)c(Br)c(=O)n1-c1c(OC)cccc1OC.CCCCc1nc(O)cc(=O)n1-c1c(OC)cccc1OC. The summed E-state index contributed by atoms with van der Waals surface area (Å²) in [6.45, 7) is 4.10. The summed E-state index contributed by atoms with van der Waals surface area (Å²) in [7, 11) is 6.11. The standard InChI is InChI=1S/C16H19BrN2O4.C16H20N2O4.2CH4/c1-4-5-9-12-18-15(20)13(17)16(21)19(12)14-10(22-2)7-6-8-11(14)23-3;1-4-5-9-13-17-14(19)10-15(20)18(13)16-11(21-2)7-6-8-12(16)22-3;;/h6-8,20H,4-5,9H2,1-3H3;6-8,10,19H,4-5,9H2,1-3H3;2*1H4. The quantitative estimate of drug-likeness (QED) is 0.164. The van der Waals surface area contributed by atoms with E-state index in [2.05, 4.69) is 32.8 Å². The van der Waals surface area contributed by atoms with Gasteiger partial charge in [0.05, 0.1) is 34.5 Å². The first-order valence-corrected chi connectivity index (χ1v) is 15.2. The first-order chi connectivity index (χ1) is 21.7. The number of hydrogen-bond acceptors (Lipinski definition) is 10. The van der Waals surface area contributed by atoms with Crippen LogP contribution in [-0.4, -0.2) is 57.8 Å². The van der Waals surface area contributed by atoms with Crippen LogP contribution >= 0.6 is 15.9 Å². The van der Waals surface area contributed by atoms with E-state index in [9.17, 15) is 19.8 Å². The third-order valence-electron chi connectivity index (χ3n) is 6.81. The van der Waals surface area contributed by atoms with Gasteiger partial charge in [0, 0.05) is 12.8 Å². The van der Waals surface area contributed by atoms with E-state index in [-0.39, 0.29) is 36.6 Å². The lowest BCUT2D eigenvalue weighted by Gasteiger charge is -2.18. The molecule has 0 aliphatic carbocycles. The smallest absolute Gasteiger partial charge is 0.276 e. The molecular formula is C34H47BrN4O8. The van der Waals surface area contributed by atoms with Gasteiger partial charge in [0.15, 0.2) is 0 Å². The topological polar surface area (TPSA) is 147 Å². The molecule has 47 heavy (non-hydrogen) atoms. The fraction of sp³-hybridized carbons (Fsp3) is 0.412. The Labute approximate surface area is 284 Å². The van der Waals surface area contributed by atoms with Crippen LogP contribution in [0, 0.1) is 0 Å².